The summed E-state index contributed by atoms with van der Waals surface area (Å²) < 4.78 is 16.6. The Bertz CT molecular complexity index is 1190. The maximum Gasteiger partial charge on any atom is 0.283 e. The van der Waals surface area contributed by atoms with Crippen LogP contribution >= 0.6 is 23.1 Å². The fourth-order valence-electron chi connectivity index (χ4n) is 2.87. The van der Waals surface area contributed by atoms with Crippen LogP contribution in [-0.2, 0) is 0 Å². The van der Waals surface area contributed by atoms with Crippen molar-refractivity contribution in [1.82, 2.24) is 20.2 Å². The quantitative estimate of drug-likeness (QED) is 0.465. The number of hydrogen-bond acceptors (Lipinski definition) is 9. The highest BCUT2D eigenvalue weighted by Gasteiger charge is 2.19. The molecular weight excluding hydrogens is 384 g/mol. The minimum absolute atomic E-state index is 0.228. The van der Waals surface area contributed by atoms with Gasteiger partial charge in [-0.15, -0.1) is 21.5 Å². The van der Waals surface area contributed by atoms with Gasteiger partial charge in [-0.05, 0) is 56.3 Å². The van der Waals surface area contributed by atoms with Crippen molar-refractivity contribution < 1.29 is 13.9 Å². The van der Waals surface area contributed by atoms with Crippen molar-refractivity contribution >= 4 is 33.3 Å². The highest BCUT2D eigenvalue weighted by molar-refractivity contribution is 7.99. The number of nitrogens with zero attached hydrogens (tertiary/aromatic N) is 4. The normalized spacial score (nSPS) is 12.9. The molecule has 27 heavy (non-hydrogen) atoms. The molecular formula is C18H14N4O3S2. The summed E-state index contributed by atoms with van der Waals surface area (Å²) in [5, 5.41) is 10.7. The second kappa shape index (κ2) is 6.21. The molecule has 9 heteroatoms. The van der Waals surface area contributed by atoms with Gasteiger partial charge in [0.2, 0.25) is 12.7 Å². The van der Waals surface area contributed by atoms with Crippen LogP contribution in [0.4, 0.5) is 0 Å². The minimum atomic E-state index is 0.228. The van der Waals surface area contributed by atoms with E-state index in [0.29, 0.717) is 16.9 Å². The fraction of sp³-hybridized carbons (Fsp3) is 0.222. The molecule has 0 N–H and O–H groups in total. The fourth-order valence-corrected chi connectivity index (χ4v) is 4.90. The number of hydrogen-bond donors (Lipinski definition) is 0. The number of rotatable bonds is 3. The monoisotopic (exact) mass is 398 g/mol. The van der Waals surface area contributed by atoms with Gasteiger partial charge in [-0.1, -0.05) is 0 Å². The van der Waals surface area contributed by atoms with E-state index in [-0.39, 0.29) is 6.79 Å². The van der Waals surface area contributed by atoms with Gasteiger partial charge in [-0.2, -0.15) is 0 Å². The van der Waals surface area contributed by atoms with Gasteiger partial charge in [0.15, 0.2) is 11.5 Å². The zero-order chi connectivity index (χ0) is 18.5. The number of ether oxygens (including phenoxy) is 2. The summed E-state index contributed by atoms with van der Waals surface area (Å²) in [7, 11) is 0. The number of thiophene rings is 1. The summed E-state index contributed by atoms with van der Waals surface area (Å²) in [4.78, 5) is 11.4. The standard InChI is InChI=1S/C18H14N4O3S2/c1-8-9(2)26-16-14(8)17(20-10(3)19-16)27-18-22-21-15(25-18)11-4-5-12-13(6-11)24-7-23-12/h4-6H,7H2,1-3H3. The third-order valence-electron chi connectivity index (χ3n) is 4.32. The van der Waals surface area contributed by atoms with Crippen LogP contribution in [0.25, 0.3) is 21.7 Å². The molecule has 7 nitrogen and oxygen atoms in total. The zero-order valence-corrected chi connectivity index (χ0v) is 16.4. The van der Waals surface area contributed by atoms with Crippen LogP contribution < -0.4 is 9.47 Å². The van der Waals surface area contributed by atoms with Crippen LogP contribution in [0.1, 0.15) is 16.3 Å². The Morgan fingerprint density at radius 2 is 1.89 bits per heavy atom. The summed E-state index contributed by atoms with van der Waals surface area (Å²) in [5.74, 6) is 2.55. The van der Waals surface area contributed by atoms with E-state index in [0.717, 1.165) is 32.4 Å². The molecule has 5 rings (SSSR count). The van der Waals surface area contributed by atoms with Gasteiger partial charge in [-0.25, -0.2) is 9.97 Å². The third-order valence-corrected chi connectivity index (χ3v) is 6.25. The summed E-state index contributed by atoms with van der Waals surface area (Å²) in [6.45, 7) is 6.30. The van der Waals surface area contributed by atoms with E-state index in [1.54, 1.807) is 11.3 Å². The predicted octanol–water partition coefficient (Wildman–Crippen LogP) is 4.55. The van der Waals surface area contributed by atoms with Crippen molar-refractivity contribution in [2.75, 3.05) is 6.79 Å². The van der Waals surface area contributed by atoms with Gasteiger partial charge in [0.1, 0.15) is 15.7 Å². The van der Waals surface area contributed by atoms with E-state index < -0.39 is 0 Å². The first kappa shape index (κ1) is 16.5. The lowest BCUT2D eigenvalue weighted by atomic mass is 10.2. The SMILES string of the molecule is Cc1nc(Sc2nnc(-c3ccc4c(c3)OCO4)o2)c2c(C)c(C)sc2n1. The lowest BCUT2D eigenvalue weighted by molar-refractivity contribution is 0.174. The summed E-state index contributed by atoms with van der Waals surface area (Å²) in [5.41, 5.74) is 1.97. The van der Waals surface area contributed by atoms with E-state index in [1.165, 1.54) is 22.2 Å². The first-order chi connectivity index (χ1) is 13.1. The molecule has 0 unspecified atom stereocenters. The Hall–Kier alpha value is -2.65. The van der Waals surface area contributed by atoms with Crippen LogP contribution in [0.5, 0.6) is 11.5 Å². The van der Waals surface area contributed by atoms with Gasteiger partial charge in [0.05, 0.1) is 0 Å². The van der Waals surface area contributed by atoms with Gasteiger partial charge in [0.25, 0.3) is 5.22 Å². The summed E-state index contributed by atoms with van der Waals surface area (Å²) in [6, 6.07) is 5.54. The second-order valence-electron chi connectivity index (χ2n) is 6.08. The van der Waals surface area contributed by atoms with E-state index >= 15 is 0 Å². The van der Waals surface area contributed by atoms with E-state index in [4.69, 9.17) is 13.9 Å². The largest absolute Gasteiger partial charge is 0.454 e. The lowest BCUT2D eigenvalue weighted by Gasteiger charge is -2.02. The second-order valence-corrected chi connectivity index (χ2v) is 8.23. The molecule has 0 saturated carbocycles. The van der Waals surface area contributed by atoms with Crippen molar-refractivity contribution in [3.05, 3.63) is 34.5 Å². The highest BCUT2D eigenvalue weighted by atomic mass is 32.2. The Kier molecular flexibility index (Phi) is 3.80. The van der Waals surface area contributed by atoms with Crippen LogP contribution in [0.3, 0.4) is 0 Å². The predicted molar refractivity (Wildman–Crippen MR) is 102 cm³/mol. The van der Waals surface area contributed by atoms with Crippen molar-refractivity contribution in [2.45, 2.75) is 31.0 Å². The molecule has 1 aliphatic rings. The van der Waals surface area contributed by atoms with Crippen LogP contribution in [-0.4, -0.2) is 27.0 Å². The van der Waals surface area contributed by atoms with Crippen molar-refractivity contribution in [3.8, 4) is 23.0 Å². The zero-order valence-electron chi connectivity index (χ0n) is 14.8. The molecule has 4 aromatic rings. The maximum absolute atomic E-state index is 5.86. The molecule has 136 valence electrons. The molecule has 0 atom stereocenters. The van der Waals surface area contributed by atoms with Gasteiger partial charge in [-0.3, -0.25) is 0 Å². The van der Waals surface area contributed by atoms with E-state index in [1.807, 2.05) is 25.1 Å². The molecule has 1 aliphatic heterocycles. The van der Waals surface area contributed by atoms with E-state index in [9.17, 15) is 0 Å². The summed E-state index contributed by atoms with van der Waals surface area (Å²) in [6.07, 6.45) is 0. The van der Waals surface area contributed by atoms with Crippen LogP contribution in [0.2, 0.25) is 0 Å². The van der Waals surface area contributed by atoms with Crippen molar-refractivity contribution in [2.24, 2.45) is 0 Å². The van der Waals surface area contributed by atoms with E-state index in [2.05, 4.69) is 34.0 Å². The molecule has 0 saturated heterocycles. The molecule has 0 fully saturated rings. The third kappa shape index (κ3) is 2.83. The molecule has 3 aromatic heterocycles. The summed E-state index contributed by atoms with van der Waals surface area (Å²) >= 11 is 3.03. The van der Waals surface area contributed by atoms with Crippen LogP contribution in [0, 0.1) is 20.8 Å². The topological polar surface area (TPSA) is 83.2 Å². The Morgan fingerprint density at radius 3 is 2.78 bits per heavy atom. The average molecular weight is 398 g/mol. The smallest absolute Gasteiger partial charge is 0.283 e. The minimum Gasteiger partial charge on any atom is -0.454 e. The number of aryl methyl sites for hydroxylation is 3. The molecule has 0 aliphatic carbocycles. The van der Waals surface area contributed by atoms with Gasteiger partial charge in [0, 0.05) is 15.8 Å². The number of benzene rings is 1. The Morgan fingerprint density at radius 1 is 1.04 bits per heavy atom. The molecule has 0 spiro atoms. The molecule has 0 bridgehead atoms. The first-order valence-corrected chi connectivity index (χ1v) is 9.87. The van der Waals surface area contributed by atoms with Crippen molar-refractivity contribution in [3.63, 3.8) is 0 Å². The maximum atomic E-state index is 5.86. The molecule has 0 amide bonds. The highest BCUT2D eigenvalue weighted by Crippen LogP contribution is 2.39. The van der Waals surface area contributed by atoms with Gasteiger partial charge >= 0.3 is 0 Å². The average Bonchev–Trinajstić information content (AvgIpc) is 3.34. The van der Waals surface area contributed by atoms with Crippen LogP contribution in [0.15, 0.2) is 32.9 Å². The molecule has 4 heterocycles. The van der Waals surface area contributed by atoms with Crippen molar-refractivity contribution in [1.29, 1.82) is 0 Å². The Balaban J connectivity index is 1.50. The number of fused-ring (bicyclic) bond motifs is 2. The first-order valence-electron chi connectivity index (χ1n) is 8.24. The molecule has 0 radical (unpaired) electrons. The Labute approximate surface area is 162 Å². The van der Waals surface area contributed by atoms with Gasteiger partial charge < -0.3 is 13.9 Å². The molecule has 1 aromatic carbocycles. The lowest BCUT2D eigenvalue weighted by Crippen LogP contribution is -1.92. The number of aromatic nitrogens is 4.